The van der Waals surface area contributed by atoms with E-state index in [9.17, 15) is 13.6 Å². The summed E-state index contributed by atoms with van der Waals surface area (Å²) in [5.41, 5.74) is 4.00. The summed E-state index contributed by atoms with van der Waals surface area (Å²) < 4.78 is 25.3. The topological polar surface area (TPSA) is 104 Å². The second-order valence-corrected chi connectivity index (χ2v) is 9.38. The highest BCUT2D eigenvalue weighted by Gasteiger charge is 2.19. The number of anilines is 4. The summed E-state index contributed by atoms with van der Waals surface area (Å²) in [5.74, 6) is 0.192. The number of nitrogens with zero attached hydrogens (tertiary/aromatic N) is 3. The SMILES string of the molecule is CC(C)(C)c1cccc(Nc2nc(Nc3ccc4c(c3)CNCC4)ncc2C(=O)NCC(F)F)n1. The Morgan fingerprint density at radius 3 is 2.71 bits per heavy atom. The van der Waals surface area contributed by atoms with E-state index in [4.69, 9.17) is 0 Å². The summed E-state index contributed by atoms with van der Waals surface area (Å²) in [7, 11) is 0. The van der Waals surface area contributed by atoms with Gasteiger partial charge < -0.3 is 21.3 Å². The molecule has 0 fully saturated rings. The first kappa shape index (κ1) is 24.5. The number of amides is 1. The van der Waals surface area contributed by atoms with Crippen LogP contribution in [-0.2, 0) is 18.4 Å². The van der Waals surface area contributed by atoms with Crippen LogP contribution < -0.4 is 21.3 Å². The van der Waals surface area contributed by atoms with Crippen molar-refractivity contribution in [3.63, 3.8) is 0 Å². The van der Waals surface area contributed by atoms with Crippen molar-refractivity contribution >= 4 is 29.2 Å². The van der Waals surface area contributed by atoms with Gasteiger partial charge in [-0.2, -0.15) is 4.98 Å². The Hall–Kier alpha value is -3.66. The van der Waals surface area contributed by atoms with Crippen molar-refractivity contribution in [2.75, 3.05) is 23.7 Å². The molecule has 0 radical (unpaired) electrons. The minimum atomic E-state index is -2.67. The quantitative estimate of drug-likeness (QED) is 0.399. The fourth-order valence-electron chi connectivity index (χ4n) is 3.70. The Balaban J connectivity index is 1.63. The highest BCUT2D eigenvalue weighted by molar-refractivity contribution is 5.99. The van der Waals surface area contributed by atoms with Gasteiger partial charge >= 0.3 is 0 Å². The van der Waals surface area contributed by atoms with E-state index in [1.54, 1.807) is 6.07 Å². The van der Waals surface area contributed by atoms with Crippen LogP contribution in [-0.4, -0.2) is 40.4 Å². The molecule has 4 rings (SSSR count). The lowest BCUT2D eigenvalue weighted by atomic mass is 9.92. The van der Waals surface area contributed by atoms with Crippen LogP contribution in [0.25, 0.3) is 0 Å². The molecular weight excluding hydrogens is 452 g/mol. The predicted octanol–water partition coefficient (Wildman–Crippen LogP) is 4.30. The number of hydrogen-bond donors (Lipinski definition) is 4. The number of pyridine rings is 1. The van der Waals surface area contributed by atoms with Gasteiger partial charge in [0.15, 0.2) is 0 Å². The van der Waals surface area contributed by atoms with Crippen LogP contribution in [0.5, 0.6) is 0 Å². The normalized spacial score (nSPS) is 13.3. The van der Waals surface area contributed by atoms with E-state index in [1.807, 2.05) is 45.0 Å². The summed E-state index contributed by atoms with van der Waals surface area (Å²) in [6, 6.07) is 11.6. The predicted molar refractivity (Wildman–Crippen MR) is 132 cm³/mol. The molecule has 10 heteroatoms. The number of carbonyl (C=O) groups excluding carboxylic acids is 1. The lowest BCUT2D eigenvalue weighted by molar-refractivity contribution is 0.0892. The van der Waals surface area contributed by atoms with Gasteiger partial charge in [0.25, 0.3) is 12.3 Å². The van der Waals surface area contributed by atoms with Crippen molar-refractivity contribution in [3.05, 3.63) is 65.0 Å². The van der Waals surface area contributed by atoms with Gasteiger partial charge in [0, 0.05) is 29.5 Å². The van der Waals surface area contributed by atoms with Crippen molar-refractivity contribution in [2.24, 2.45) is 0 Å². The smallest absolute Gasteiger partial charge is 0.256 e. The Kier molecular flexibility index (Phi) is 7.20. The third kappa shape index (κ3) is 6.27. The number of benzene rings is 1. The molecule has 1 aromatic carbocycles. The molecule has 1 aliphatic rings. The summed E-state index contributed by atoms with van der Waals surface area (Å²) in [4.78, 5) is 26.0. The van der Waals surface area contributed by atoms with Crippen LogP contribution >= 0.6 is 0 Å². The lowest BCUT2D eigenvalue weighted by Gasteiger charge is -2.19. The van der Waals surface area contributed by atoms with Crippen molar-refractivity contribution < 1.29 is 13.6 Å². The highest BCUT2D eigenvalue weighted by atomic mass is 19.3. The van der Waals surface area contributed by atoms with Gasteiger partial charge in [-0.25, -0.2) is 18.7 Å². The Labute approximate surface area is 203 Å². The molecule has 4 N–H and O–H groups in total. The average molecular weight is 482 g/mol. The summed E-state index contributed by atoms with van der Waals surface area (Å²) in [6.07, 6.45) is -0.379. The molecule has 184 valence electrons. The minimum absolute atomic E-state index is 0.0359. The molecule has 1 aliphatic heterocycles. The van der Waals surface area contributed by atoms with E-state index in [2.05, 4.69) is 42.3 Å². The molecule has 0 atom stereocenters. The molecule has 0 saturated heterocycles. The van der Waals surface area contributed by atoms with Gasteiger partial charge in [0.1, 0.15) is 17.2 Å². The molecule has 0 aliphatic carbocycles. The summed E-state index contributed by atoms with van der Waals surface area (Å²) >= 11 is 0. The van der Waals surface area contributed by atoms with E-state index in [1.165, 1.54) is 17.3 Å². The second-order valence-electron chi connectivity index (χ2n) is 9.38. The zero-order valence-electron chi connectivity index (χ0n) is 20.0. The van der Waals surface area contributed by atoms with E-state index in [-0.39, 0.29) is 22.7 Å². The zero-order chi connectivity index (χ0) is 25.0. The molecule has 2 aromatic heterocycles. The first-order valence-electron chi connectivity index (χ1n) is 11.5. The van der Waals surface area contributed by atoms with Gasteiger partial charge in [-0.05, 0) is 48.4 Å². The lowest BCUT2D eigenvalue weighted by Crippen LogP contribution is -2.29. The average Bonchev–Trinajstić information content (AvgIpc) is 2.82. The number of fused-ring (bicyclic) bond motifs is 1. The van der Waals surface area contributed by atoms with Crippen LogP contribution in [0.1, 0.15) is 48.0 Å². The third-order valence-electron chi connectivity index (χ3n) is 5.56. The van der Waals surface area contributed by atoms with Gasteiger partial charge in [0.2, 0.25) is 5.95 Å². The second kappa shape index (κ2) is 10.3. The highest BCUT2D eigenvalue weighted by Crippen LogP contribution is 2.25. The molecule has 3 heterocycles. The largest absolute Gasteiger partial charge is 0.346 e. The van der Waals surface area contributed by atoms with Gasteiger partial charge in [-0.15, -0.1) is 0 Å². The number of alkyl halides is 2. The van der Waals surface area contributed by atoms with E-state index >= 15 is 0 Å². The van der Waals surface area contributed by atoms with E-state index < -0.39 is 18.9 Å². The molecular formula is C25H29F2N7O. The monoisotopic (exact) mass is 481 g/mol. The van der Waals surface area contributed by atoms with Crippen molar-refractivity contribution in [1.82, 2.24) is 25.6 Å². The van der Waals surface area contributed by atoms with E-state index in [0.29, 0.717) is 5.82 Å². The Morgan fingerprint density at radius 2 is 1.94 bits per heavy atom. The molecule has 0 unspecified atom stereocenters. The number of hydrogen-bond acceptors (Lipinski definition) is 7. The third-order valence-corrected chi connectivity index (χ3v) is 5.56. The van der Waals surface area contributed by atoms with Crippen molar-refractivity contribution in [2.45, 2.75) is 45.6 Å². The fourth-order valence-corrected chi connectivity index (χ4v) is 3.70. The van der Waals surface area contributed by atoms with E-state index in [0.717, 1.165) is 30.9 Å². The molecule has 35 heavy (non-hydrogen) atoms. The van der Waals surface area contributed by atoms with Crippen LogP contribution in [0.2, 0.25) is 0 Å². The Bertz CT molecular complexity index is 1210. The van der Waals surface area contributed by atoms with Crippen LogP contribution in [0.4, 0.5) is 32.1 Å². The first-order chi connectivity index (χ1) is 16.7. The summed E-state index contributed by atoms with van der Waals surface area (Å²) in [6.45, 7) is 7.11. The molecule has 0 saturated carbocycles. The fraction of sp³-hybridized carbons (Fsp3) is 0.360. The van der Waals surface area contributed by atoms with Crippen molar-refractivity contribution in [1.29, 1.82) is 0 Å². The van der Waals surface area contributed by atoms with Crippen LogP contribution in [0, 0.1) is 0 Å². The summed E-state index contributed by atoms with van der Waals surface area (Å²) in [5, 5.41) is 11.8. The molecule has 0 bridgehead atoms. The van der Waals surface area contributed by atoms with Gasteiger partial charge in [0.05, 0.1) is 6.54 Å². The van der Waals surface area contributed by atoms with Crippen LogP contribution in [0.3, 0.4) is 0 Å². The maximum atomic E-state index is 12.7. The van der Waals surface area contributed by atoms with Gasteiger partial charge in [-0.3, -0.25) is 4.79 Å². The first-order valence-corrected chi connectivity index (χ1v) is 11.5. The zero-order valence-corrected chi connectivity index (χ0v) is 20.0. The number of nitrogens with one attached hydrogen (secondary N) is 4. The Morgan fingerprint density at radius 1 is 1.11 bits per heavy atom. The van der Waals surface area contributed by atoms with Gasteiger partial charge in [-0.1, -0.05) is 32.9 Å². The number of rotatable bonds is 7. The van der Waals surface area contributed by atoms with Crippen molar-refractivity contribution in [3.8, 4) is 0 Å². The molecule has 1 amide bonds. The maximum Gasteiger partial charge on any atom is 0.256 e. The number of halogens is 2. The minimum Gasteiger partial charge on any atom is -0.346 e. The maximum absolute atomic E-state index is 12.7. The standard InChI is InChI=1S/C25H29F2N7O/c1-25(2,3)19-5-4-6-21(32-19)33-22-18(23(35)29-14-20(26)27)13-30-24(34-22)31-17-8-7-15-9-10-28-12-16(15)11-17/h4-8,11,13,20,28H,9-10,12,14H2,1-3H3,(H,29,35)(H2,30,31,32,33,34). The molecule has 0 spiro atoms. The molecule has 8 nitrogen and oxygen atoms in total. The molecule has 3 aromatic rings. The number of aromatic nitrogens is 3. The van der Waals surface area contributed by atoms with Crippen LogP contribution in [0.15, 0.2) is 42.6 Å². The number of carbonyl (C=O) groups is 1.